The summed E-state index contributed by atoms with van der Waals surface area (Å²) in [6.07, 6.45) is 0.0912. The van der Waals surface area contributed by atoms with Crippen LogP contribution in [0, 0.1) is 0 Å². The molecule has 0 aliphatic carbocycles. The molecule has 1 aliphatic heterocycles. The average molecular weight is 241 g/mol. The second-order valence-corrected chi connectivity index (χ2v) is 4.35. The summed E-state index contributed by atoms with van der Waals surface area (Å²) in [5, 5.41) is 33.7. The van der Waals surface area contributed by atoms with Crippen LogP contribution in [0.1, 0.15) is 18.5 Å². The monoisotopic (exact) mass is 241 g/mol. The quantitative estimate of drug-likeness (QED) is 0.601. The van der Waals surface area contributed by atoms with Gasteiger partial charge in [-0.05, 0) is 12.8 Å². The Morgan fingerprint density at radius 1 is 1.65 bits per heavy atom. The summed E-state index contributed by atoms with van der Waals surface area (Å²) >= 11 is 0. The number of carbonyl (C=O) groups is 1. The number of aromatic amines is 1. The number of likely N-dealkylation sites (tertiary alicyclic amines) is 1. The Labute approximate surface area is 97.7 Å². The zero-order chi connectivity index (χ0) is 12.5. The van der Waals surface area contributed by atoms with E-state index in [0.29, 0.717) is 31.6 Å². The maximum atomic E-state index is 10.9. The number of hydrogen-bond donors (Lipinski definition) is 4. The van der Waals surface area contributed by atoms with Crippen LogP contribution in [0.4, 0.5) is 4.79 Å². The van der Waals surface area contributed by atoms with E-state index in [1.807, 2.05) is 0 Å². The molecule has 0 aromatic carbocycles. The van der Waals surface area contributed by atoms with Gasteiger partial charge in [-0.15, -0.1) is 5.10 Å². The van der Waals surface area contributed by atoms with E-state index in [9.17, 15) is 9.90 Å². The normalized spacial score (nSPS) is 24.2. The van der Waals surface area contributed by atoms with E-state index in [-0.39, 0.29) is 12.5 Å². The number of carboxylic acid groups (broad SMARTS) is 1. The molecule has 1 amide bonds. The SMILES string of the molecule is O=C(O)N1CCC(CCO)(c2cc(O)n[nH]2)C1. The first-order valence-electron chi connectivity index (χ1n) is 5.41. The number of aromatic hydroxyl groups is 1. The minimum absolute atomic E-state index is 0.0345. The van der Waals surface area contributed by atoms with Crippen molar-refractivity contribution in [2.75, 3.05) is 19.7 Å². The maximum absolute atomic E-state index is 10.9. The minimum atomic E-state index is -0.964. The first-order valence-corrected chi connectivity index (χ1v) is 5.41. The average Bonchev–Trinajstić information content (AvgIpc) is 2.86. The fraction of sp³-hybridized carbons (Fsp3) is 0.600. The number of amides is 1. The van der Waals surface area contributed by atoms with Crippen molar-refractivity contribution in [1.82, 2.24) is 15.1 Å². The second kappa shape index (κ2) is 4.25. The van der Waals surface area contributed by atoms with E-state index in [2.05, 4.69) is 10.2 Å². The predicted octanol–water partition coefficient (Wildman–Crippen LogP) is 0.119. The lowest BCUT2D eigenvalue weighted by Gasteiger charge is -2.26. The zero-order valence-electron chi connectivity index (χ0n) is 9.26. The number of hydrogen-bond acceptors (Lipinski definition) is 4. The molecule has 1 unspecified atom stereocenters. The van der Waals surface area contributed by atoms with Gasteiger partial charge in [0.25, 0.3) is 0 Å². The molecular formula is C10H15N3O4. The zero-order valence-corrected chi connectivity index (χ0v) is 9.26. The largest absolute Gasteiger partial charge is 0.492 e. The molecule has 1 aliphatic rings. The van der Waals surface area contributed by atoms with Crippen molar-refractivity contribution in [3.63, 3.8) is 0 Å². The van der Waals surface area contributed by atoms with Gasteiger partial charge in [0.1, 0.15) is 0 Å². The first kappa shape index (κ1) is 11.7. The lowest BCUT2D eigenvalue weighted by Crippen LogP contribution is -2.34. The van der Waals surface area contributed by atoms with Crippen LogP contribution in [0.3, 0.4) is 0 Å². The molecule has 0 radical (unpaired) electrons. The van der Waals surface area contributed by atoms with Crippen LogP contribution in [0.5, 0.6) is 5.88 Å². The fourth-order valence-corrected chi connectivity index (χ4v) is 2.39. The van der Waals surface area contributed by atoms with Gasteiger partial charge in [-0.1, -0.05) is 0 Å². The molecule has 2 rings (SSSR count). The van der Waals surface area contributed by atoms with Gasteiger partial charge in [0, 0.05) is 36.9 Å². The Kier molecular flexibility index (Phi) is 2.93. The Morgan fingerprint density at radius 2 is 2.41 bits per heavy atom. The fourth-order valence-electron chi connectivity index (χ4n) is 2.39. The molecule has 4 N–H and O–H groups in total. The maximum Gasteiger partial charge on any atom is 0.407 e. The predicted molar refractivity (Wildman–Crippen MR) is 57.8 cm³/mol. The Morgan fingerprint density at radius 3 is 2.88 bits per heavy atom. The van der Waals surface area contributed by atoms with Crippen molar-refractivity contribution in [3.05, 3.63) is 11.8 Å². The molecule has 1 atom stereocenters. The summed E-state index contributed by atoms with van der Waals surface area (Å²) in [4.78, 5) is 12.2. The third-order valence-corrected chi connectivity index (χ3v) is 3.35. The third-order valence-electron chi connectivity index (χ3n) is 3.35. The molecule has 7 nitrogen and oxygen atoms in total. The van der Waals surface area contributed by atoms with Crippen LogP contribution < -0.4 is 0 Å². The highest BCUT2D eigenvalue weighted by atomic mass is 16.4. The molecule has 17 heavy (non-hydrogen) atoms. The highest BCUT2D eigenvalue weighted by Gasteiger charge is 2.42. The smallest absolute Gasteiger partial charge is 0.407 e. The van der Waals surface area contributed by atoms with Gasteiger partial charge in [0.2, 0.25) is 5.88 Å². The molecule has 0 spiro atoms. The van der Waals surface area contributed by atoms with E-state index in [1.54, 1.807) is 0 Å². The van der Waals surface area contributed by atoms with Crippen molar-refractivity contribution in [3.8, 4) is 5.88 Å². The Hall–Kier alpha value is -1.76. The van der Waals surface area contributed by atoms with E-state index in [4.69, 9.17) is 10.2 Å². The van der Waals surface area contributed by atoms with Gasteiger partial charge in [-0.25, -0.2) is 4.79 Å². The lowest BCUT2D eigenvalue weighted by molar-refractivity contribution is 0.150. The van der Waals surface area contributed by atoms with Gasteiger partial charge in [0.15, 0.2) is 0 Å². The lowest BCUT2D eigenvalue weighted by atomic mass is 9.80. The van der Waals surface area contributed by atoms with Gasteiger partial charge >= 0.3 is 6.09 Å². The molecule has 1 fully saturated rings. The number of aliphatic hydroxyl groups is 1. The molecule has 1 aromatic heterocycles. The second-order valence-electron chi connectivity index (χ2n) is 4.35. The summed E-state index contributed by atoms with van der Waals surface area (Å²) in [6.45, 7) is 0.701. The van der Waals surface area contributed by atoms with E-state index < -0.39 is 11.5 Å². The summed E-state index contributed by atoms with van der Waals surface area (Å²) in [5.41, 5.74) is 0.203. The molecule has 0 bridgehead atoms. The van der Waals surface area contributed by atoms with Crippen molar-refractivity contribution >= 4 is 6.09 Å². The van der Waals surface area contributed by atoms with Crippen molar-refractivity contribution in [2.24, 2.45) is 0 Å². The van der Waals surface area contributed by atoms with E-state index in [1.165, 1.54) is 11.0 Å². The molecule has 0 saturated carbocycles. The van der Waals surface area contributed by atoms with Crippen LogP contribution in [0.15, 0.2) is 6.07 Å². The van der Waals surface area contributed by atoms with E-state index in [0.717, 1.165) is 0 Å². The summed E-state index contributed by atoms with van der Waals surface area (Å²) in [6, 6.07) is 1.49. The number of nitrogens with zero attached hydrogens (tertiary/aromatic N) is 2. The number of rotatable bonds is 3. The molecule has 1 aromatic rings. The van der Waals surface area contributed by atoms with Crippen molar-refractivity contribution in [1.29, 1.82) is 0 Å². The standard InChI is InChI=1S/C10H15N3O4/c14-4-2-10(7-5-8(15)12-11-7)1-3-13(6-10)9(16)17/h5,14H,1-4,6H2,(H,16,17)(H2,11,12,15). The summed E-state index contributed by atoms with van der Waals surface area (Å²) in [5.74, 6) is -0.119. The number of H-pyrrole nitrogens is 1. The summed E-state index contributed by atoms with van der Waals surface area (Å²) in [7, 11) is 0. The van der Waals surface area contributed by atoms with Gasteiger partial charge in [-0.2, -0.15) is 0 Å². The topological polar surface area (TPSA) is 110 Å². The van der Waals surface area contributed by atoms with Crippen molar-refractivity contribution < 1.29 is 20.1 Å². The Bertz CT molecular complexity index is 419. The Balaban J connectivity index is 2.25. The number of aromatic nitrogens is 2. The molecule has 1 saturated heterocycles. The van der Waals surface area contributed by atoms with E-state index >= 15 is 0 Å². The van der Waals surface area contributed by atoms with Crippen LogP contribution in [-0.4, -0.2) is 56.2 Å². The van der Waals surface area contributed by atoms with Gasteiger partial charge in [-0.3, -0.25) is 5.10 Å². The first-order chi connectivity index (χ1) is 8.07. The highest BCUT2D eigenvalue weighted by Crippen LogP contribution is 2.37. The van der Waals surface area contributed by atoms with Gasteiger partial charge < -0.3 is 20.2 Å². The molecule has 7 heteroatoms. The minimum Gasteiger partial charge on any atom is -0.492 e. The molecule has 94 valence electrons. The number of nitrogens with one attached hydrogen (secondary N) is 1. The van der Waals surface area contributed by atoms with Crippen LogP contribution in [0.25, 0.3) is 0 Å². The van der Waals surface area contributed by atoms with Crippen LogP contribution in [0.2, 0.25) is 0 Å². The third kappa shape index (κ3) is 2.05. The molecular weight excluding hydrogens is 226 g/mol. The van der Waals surface area contributed by atoms with Crippen LogP contribution in [-0.2, 0) is 5.41 Å². The van der Waals surface area contributed by atoms with Crippen molar-refractivity contribution in [2.45, 2.75) is 18.3 Å². The molecule has 2 heterocycles. The summed E-state index contributed by atoms with van der Waals surface area (Å²) < 4.78 is 0. The van der Waals surface area contributed by atoms with Crippen LogP contribution >= 0.6 is 0 Å². The van der Waals surface area contributed by atoms with Gasteiger partial charge in [0.05, 0.1) is 0 Å². The highest BCUT2D eigenvalue weighted by molar-refractivity contribution is 5.65. The number of aliphatic hydroxyl groups excluding tert-OH is 1.